The first kappa shape index (κ1) is 14.0. The molecular weight excluding hydrogens is 290 g/mol. The highest BCUT2D eigenvalue weighted by Gasteiger charge is 2.61. The van der Waals surface area contributed by atoms with Crippen LogP contribution in [0.3, 0.4) is 0 Å². The molecule has 3 aromatic rings. The van der Waals surface area contributed by atoms with E-state index in [1.54, 1.807) is 0 Å². The largest absolute Gasteiger partial charge is 0.214 e. The Morgan fingerprint density at radius 2 is 1.67 bits per heavy atom. The number of aromatic nitrogens is 1. The third-order valence-electron chi connectivity index (χ3n) is 6.60. The minimum absolute atomic E-state index is 0.0102. The topological polar surface area (TPSA) is 3.88 Å². The Hall–Kier alpha value is -2.41. The maximum Gasteiger partial charge on any atom is 0.214 e. The molecule has 2 heterocycles. The Labute approximate surface area is 143 Å². The molecule has 1 nitrogen and oxygen atoms in total. The van der Waals surface area contributed by atoms with E-state index in [1.807, 2.05) is 0 Å². The van der Waals surface area contributed by atoms with Crippen LogP contribution in [0, 0.1) is 13.8 Å². The molecule has 0 N–H and O–H groups in total. The summed E-state index contributed by atoms with van der Waals surface area (Å²) in [6, 6.07) is 15.8. The first-order chi connectivity index (χ1) is 11.5. The fourth-order valence-electron chi connectivity index (χ4n) is 4.58. The molecule has 2 unspecified atom stereocenters. The summed E-state index contributed by atoms with van der Waals surface area (Å²) in [6.07, 6.45) is 7.09. The van der Waals surface area contributed by atoms with Gasteiger partial charge in [-0.15, -0.1) is 0 Å². The summed E-state index contributed by atoms with van der Waals surface area (Å²) in [5.41, 5.74) is 6.97. The molecule has 0 amide bonds. The lowest BCUT2D eigenvalue weighted by molar-refractivity contribution is -0.754. The van der Waals surface area contributed by atoms with Crippen molar-refractivity contribution in [2.24, 2.45) is 0 Å². The summed E-state index contributed by atoms with van der Waals surface area (Å²) in [4.78, 5) is 0. The molecule has 0 spiro atoms. The lowest BCUT2D eigenvalue weighted by Crippen LogP contribution is -2.70. The van der Waals surface area contributed by atoms with Gasteiger partial charge in [0.25, 0.3) is 0 Å². The molecule has 118 valence electrons. The van der Waals surface area contributed by atoms with Gasteiger partial charge in [0.05, 0.1) is 11.0 Å². The number of hydrogen-bond donors (Lipinski definition) is 0. The Kier molecular flexibility index (Phi) is 2.42. The minimum atomic E-state index is 0.0102. The molecule has 24 heavy (non-hydrogen) atoms. The van der Waals surface area contributed by atoms with Crippen molar-refractivity contribution >= 4 is 10.8 Å². The highest BCUT2D eigenvalue weighted by molar-refractivity contribution is 5.98. The molecule has 2 aromatic carbocycles. The minimum Gasteiger partial charge on any atom is -0.188 e. The molecule has 2 atom stereocenters. The Morgan fingerprint density at radius 3 is 2.42 bits per heavy atom. The first-order valence-electron chi connectivity index (χ1n) is 8.72. The molecule has 1 aromatic heterocycles. The number of benzene rings is 2. The van der Waals surface area contributed by atoms with Crippen LogP contribution < -0.4 is 4.57 Å². The van der Waals surface area contributed by atoms with Gasteiger partial charge >= 0.3 is 0 Å². The number of aryl methyl sites for hydroxylation is 2. The van der Waals surface area contributed by atoms with Crippen LogP contribution in [0.4, 0.5) is 0 Å². The first-order valence-corrected chi connectivity index (χ1v) is 8.72. The molecular formula is C23H22N+. The van der Waals surface area contributed by atoms with Crippen molar-refractivity contribution in [2.45, 2.75) is 38.6 Å². The molecule has 0 saturated carbocycles. The zero-order chi connectivity index (χ0) is 16.7. The van der Waals surface area contributed by atoms with Crippen molar-refractivity contribution in [3.63, 3.8) is 0 Å². The van der Waals surface area contributed by atoms with Crippen molar-refractivity contribution < 1.29 is 4.57 Å². The molecule has 5 rings (SSSR count). The van der Waals surface area contributed by atoms with Crippen LogP contribution in [0.1, 0.15) is 30.5 Å². The van der Waals surface area contributed by atoms with E-state index < -0.39 is 0 Å². The van der Waals surface area contributed by atoms with E-state index in [2.05, 4.69) is 93.1 Å². The van der Waals surface area contributed by atoms with Gasteiger partial charge in [0, 0.05) is 18.6 Å². The van der Waals surface area contributed by atoms with E-state index in [0.29, 0.717) is 0 Å². The summed E-state index contributed by atoms with van der Waals surface area (Å²) < 4.78 is 2.50. The third-order valence-corrected chi connectivity index (χ3v) is 6.60. The van der Waals surface area contributed by atoms with Crippen molar-refractivity contribution in [1.82, 2.24) is 0 Å². The van der Waals surface area contributed by atoms with Crippen molar-refractivity contribution in [3.8, 4) is 11.3 Å². The Morgan fingerprint density at radius 1 is 0.875 bits per heavy atom. The number of pyridine rings is 1. The standard InChI is InChI=1S/C23H22N/c1-15-13-20-21-18-8-6-5-7-17(18)9-10-19(21)22(3)11-12-23(22,4)24(20)14-16(15)2/h5-14H,1-4H3/q+1. The molecule has 1 aliphatic carbocycles. The predicted octanol–water partition coefficient (Wildman–Crippen LogP) is 4.97. The van der Waals surface area contributed by atoms with Crippen molar-refractivity contribution in [3.05, 3.63) is 77.5 Å². The van der Waals surface area contributed by atoms with E-state index in [0.717, 1.165) is 0 Å². The summed E-state index contributed by atoms with van der Waals surface area (Å²) >= 11 is 0. The molecule has 1 aliphatic heterocycles. The van der Waals surface area contributed by atoms with Gasteiger partial charge in [-0.25, -0.2) is 0 Å². The van der Waals surface area contributed by atoms with E-state index >= 15 is 0 Å². The smallest absolute Gasteiger partial charge is 0.188 e. The number of allylic oxidation sites excluding steroid dienone is 2. The second-order valence-electron chi connectivity index (χ2n) is 7.79. The third kappa shape index (κ3) is 1.40. The SMILES string of the molecule is Cc1cc2[n+](cc1C)C1(C)C=CC1(C)c1ccc3ccccc3c1-2. The normalized spacial score (nSPS) is 26.5. The van der Waals surface area contributed by atoms with Gasteiger partial charge in [-0.3, -0.25) is 0 Å². The van der Waals surface area contributed by atoms with Crippen molar-refractivity contribution in [1.29, 1.82) is 0 Å². The van der Waals surface area contributed by atoms with E-state index in [4.69, 9.17) is 0 Å². The second-order valence-corrected chi connectivity index (χ2v) is 7.79. The van der Waals surface area contributed by atoms with Crippen LogP contribution in [0.2, 0.25) is 0 Å². The number of fused-ring (bicyclic) bond motifs is 8. The number of hydrogen-bond acceptors (Lipinski definition) is 0. The van der Waals surface area contributed by atoms with Gasteiger partial charge in [0.15, 0.2) is 11.7 Å². The summed E-state index contributed by atoms with van der Waals surface area (Å²) in [7, 11) is 0. The quantitative estimate of drug-likeness (QED) is 0.408. The fourth-order valence-corrected chi connectivity index (χ4v) is 4.58. The summed E-state index contributed by atoms with van der Waals surface area (Å²) in [5.74, 6) is 0. The highest BCUT2D eigenvalue weighted by atomic mass is 15.1. The van der Waals surface area contributed by atoms with Crippen molar-refractivity contribution in [2.75, 3.05) is 0 Å². The molecule has 0 radical (unpaired) electrons. The van der Waals surface area contributed by atoms with Crippen LogP contribution in [0.25, 0.3) is 22.0 Å². The fraction of sp³-hybridized carbons (Fsp3) is 0.261. The van der Waals surface area contributed by atoms with Crippen LogP contribution in [0.5, 0.6) is 0 Å². The van der Waals surface area contributed by atoms with Crippen LogP contribution in [0.15, 0.2) is 60.8 Å². The van der Waals surface area contributed by atoms with E-state index in [9.17, 15) is 0 Å². The number of rotatable bonds is 0. The average molecular weight is 312 g/mol. The monoisotopic (exact) mass is 312 g/mol. The summed E-state index contributed by atoms with van der Waals surface area (Å²) in [6.45, 7) is 9.17. The lowest BCUT2D eigenvalue weighted by atomic mass is 9.56. The zero-order valence-electron chi connectivity index (χ0n) is 14.7. The van der Waals surface area contributed by atoms with Gasteiger partial charge < -0.3 is 0 Å². The van der Waals surface area contributed by atoms with Gasteiger partial charge in [0.2, 0.25) is 5.69 Å². The Bertz CT molecular complexity index is 1060. The van der Waals surface area contributed by atoms with Gasteiger partial charge in [-0.2, -0.15) is 4.57 Å². The van der Waals surface area contributed by atoms with Crippen LogP contribution in [-0.4, -0.2) is 0 Å². The maximum atomic E-state index is 2.50. The van der Waals surface area contributed by atoms with E-state index in [-0.39, 0.29) is 11.0 Å². The Balaban J connectivity index is 2.01. The molecule has 2 aliphatic rings. The van der Waals surface area contributed by atoms with Gasteiger partial charge in [0.1, 0.15) is 0 Å². The lowest BCUT2D eigenvalue weighted by Gasteiger charge is -2.49. The van der Waals surface area contributed by atoms with Crippen LogP contribution >= 0.6 is 0 Å². The number of nitrogens with zero attached hydrogens (tertiary/aromatic N) is 1. The molecule has 0 bridgehead atoms. The van der Waals surface area contributed by atoms with E-state index in [1.165, 1.54) is 38.7 Å². The predicted molar refractivity (Wildman–Crippen MR) is 99.2 cm³/mol. The molecule has 1 heteroatoms. The molecule has 0 fully saturated rings. The van der Waals surface area contributed by atoms with Crippen LogP contribution in [-0.2, 0) is 11.0 Å². The summed E-state index contributed by atoms with van der Waals surface area (Å²) in [5, 5.41) is 2.67. The highest BCUT2D eigenvalue weighted by Crippen LogP contribution is 2.54. The zero-order valence-corrected chi connectivity index (χ0v) is 14.7. The molecule has 0 saturated heterocycles. The maximum absolute atomic E-state index is 2.50. The second kappa shape index (κ2) is 4.16. The van der Waals surface area contributed by atoms with Gasteiger partial charge in [-0.05, 0) is 48.7 Å². The van der Waals surface area contributed by atoms with Gasteiger partial charge in [-0.1, -0.05) is 42.5 Å². The average Bonchev–Trinajstić information content (AvgIpc) is 2.59.